The minimum atomic E-state index is -1.03. The van der Waals surface area contributed by atoms with Gasteiger partial charge in [-0.1, -0.05) is 49.4 Å². The SMILES string of the molecule is CCOC(Cc1ccc(OCC(=O)N(Cc2ccc(CC)cc2)Cc2ccc(F)cc2F)cc1)C(=O)O. The van der Waals surface area contributed by atoms with Gasteiger partial charge in [0.2, 0.25) is 0 Å². The quantitative estimate of drug-likeness (QED) is 0.343. The third-order valence-electron chi connectivity index (χ3n) is 5.88. The van der Waals surface area contributed by atoms with Crippen LogP contribution < -0.4 is 4.74 Å². The van der Waals surface area contributed by atoms with Gasteiger partial charge in [-0.2, -0.15) is 0 Å². The number of carboxylic acid groups (broad SMARTS) is 1. The Morgan fingerprint density at radius 1 is 0.892 bits per heavy atom. The average molecular weight is 512 g/mol. The van der Waals surface area contributed by atoms with E-state index in [1.165, 1.54) is 11.0 Å². The second-order valence-electron chi connectivity index (χ2n) is 8.57. The van der Waals surface area contributed by atoms with Gasteiger partial charge in [-0.05, 0) is 48.2 Å². The van der Waals surface area contributed by atoms with Gasteiger partial charge in [0.1, 0.15) is 17.4 Å². The zero-order valence-electron chi connectivity index (χ0n) is 21.0. The van der Waals surface area contributed by atoms with Crippen molar-refractivity contribution in [2.24, 2.45) is 0 Å². The lowest BCUT2D eigenvalue weighted by Crippen LogP contribution is -2.34. The van der Waals surface area contributed by atoms with Crippen LogP contribution in [-0.2, 0) is 40.3 Å². The van der Waals surface area contributed by atoms with Gasteiger partial charge in [0.25, 0.3) is 5.91 Å². The van der Waals surface area contributed by atoms with E-state index in [0.717, 1.165) is 35.2 Å². The van der Waals surface area contributed by atoms with Gasteiger partial charge in [0.15, 0.2) is 12.7 Å². The monoisotopic (exact) mass is 511 g/mol. The van der Waals surface area contributed by atoms with Crippen LogP contribution in [0, 0.1) is 11.6 Å². The van der Waals surface area contributed by atoms with E-state index in [1.807, 2.05) is 24.3 Å². The molecular formula is C29H31F2NO5. The van der Waals surface area contributed by atoms with Crippen LogP contribution >= 0.6 is 0 Å². The highest BCUT2D eigenvalue weighted by Crippen LogP contribution is 2.18. The summed E-state index contributed by atoms with van der Waals surface area (Å²) in [7, 11) is 0. The molecule has 0 fully saturated rings. The Hall–Kier alpha value is -3.78. The van der Waals surface area contributed by atoms with Crippen LogP contribution in [-0.4, -0.2) is 41.2 Å². The maximum atomic E-state index is 14.3. The number of ether oxygens (including phenoxy) is 2. The molecule has 6 nitrogen and oxygen atoms in total. The van der Waals surface area contributed by atoms with Crippen molar-refractivity contribution in [3.05, 3.63) is 101 Å². The molecule has 1 atom stereocenters. The van der Waals surface area contributed by atoms with E-state index in [4.69, 9.17) is 9.47 Å². The Bertz CT molecular complexity index is 1180. The van der Waals surface area contributed by atoms with Gasteiger partial charge in [-0.3, -0.25) is 4.79 Å². The van der Waals surface area contributed by atoms with Crippen LogP contribution in [0.25, 0.3) is 0 Å². The zero-order valence-corrected chi connectivity index (χ0v) is 21.0. The summed E-state index contributed by atoms with van der Waals surface area (Å²) in [6.45, 7) is 3.98. The van der Waals surface area contributed by atoms with Gasteiger partial charge >= 0.3 is 5.97 Å². The van der Waals surface area contributed by atoms with Crippen LogP contribution in [0.3, 0.4) is 0 Å². The Balaban J connectivity index is 1.68. The number of carboxylic acids is 1. The predicted molar refractivity (Wildman–Crippen MR) is 135 cm³/mol. The molecule has 0 saturated carbocycles. The maximum Gasteiger partial charge on any atom is 0.333 e. The summed E-state index contributed by atoms with van der Waals surface area (Å²) >= 11 is 0. The van der Waals surface area contributed by atoms with Gasteiger partial charge in [0, 0.05) is 37.7 Å². The summed E-state index contributed by atoms with van der Waals surface area (Å²) < 4.78 is 38.6. The molecule has 196 valence electrons. The number of carbonyl (C=O) groups is 2. The van der Waals surface area contributed by atoms with Crippen molar-refractivity contribution in [1.29, 1.82) is 0 Å². The van der Waals surface area contributed by atoms with Crippen molar-refractivity contribution >= 4 is 11.9 Å². The van der Waals surface area contributed by atoms with E-state index in [0.29, 0.717) is 12.4 Å². The number of amides is 1. The first-order valence-corrected chi connectivity index (χ1v) is 12.1. The summed E-state index contributed by atoms with van der Waals surface area (Å²) in [5.41, 5.74) is 2.99. The molecule has 0 spiro atoms. The molecular weight excluding hydrogens is 480 g/mol. The maximum absolute atomic E-state index is 14.3. The summed E-state index contributed by atoms with van der Waals surface area (Å²) in [6, 6.07) is 17.8. The molecule has 0 radical (unpaired) electrons. The van der Waals surface area contributed by atoms with E-state index in [1.54, 1.807) is 31.2 Å². The first-order valence-electron chi connectivity index (χ1n) is 12.1. The minimum Gasteiger partial charge on any atom is -0.484 e. The Morgan fingerprint density at radius 3 is 2.14 bits per heavy atom. The molecule has 0 aliphatic heterocycles. The number of aliphatic carboxylic acids is 1. The molecule has 0 aromatic heterocycles. The number of nitrogens with zero attached hydrogens (tertiary/aromatic N) is 1. The molecule has 8 heteroatoms. The van der Waals surface area contributed by atoms with Crippen molar-refractivity contribution < 1.29 is 33.0 Å². The molecule has 3 aromatic carbocycles. The number of rotatable bonds is 13. The Labute approximate surface area is 215 Å². The van der Waals surface area contributed by atoms with Gasteiger partial charge in [-0.25, -0.2) is 13.6 Å². The second-order valence-corrected chi connectivity index (χ2v) is 8.57. The van der Waals surface area contributed by atoms with Gasteiger partial charge in [-0.15, -0.1) is 0 Å². The molecule has 3 rings (SSSR count). The van der Waals surface area contributed by atoms with Crippen LogP contribution in [0.4, 0.5) is 8.78 Å². The van der Waals surface area contributed by atoms with E-state index in [-0.39, 0.29) is 37.6 Å². The summed E-state index contributed by atoms with van der Waals surface area (Å²) in [5, 5.41) is 9.25. The third-order valence-corrected chi connectivity index (χ3v) is 5.88. The second kappa shape index (κ2) is 13.5. The van der Waals surface area contributed by atoms with Crippen LogP contribution in [0.1, 0.15) is 36.1 Å². The molecule has 1 unspecified atom stereocenters. The van der Waals surface area contributed by atoms with Crippen LogP contribution in [0.2, 0.25) is 0 Å². The summed E-state index contributed by atoms with van der Waals surface area (Å²) in [4.78, 5) is 25.9. The Kier molecular flexibility index (Phi) is 10.1. The number of hydrogen-bond donors (Lipinski definition) is 1. The first kappa shape index (κ1) is 27.8. The topological polar surface area (TPSA) is 76.1 Å². The molecule has 0 aliphatic carbocycles. The highest BCUT2D eigenvalue weighted by molar-refractivity contribution is 5.78. The van der Waals surface area contributed by atoms with Crippen LogP contribution in [0.15, 0.2) is 66.7 Å². The van der Waals surface area contributed by atoms with Crippen molar-refractivity contribution in [2.45, 2.75) is 45.9 Å². The summed E-state index contributed by atoms with van der Waals surface area (Å²) in [6.07, 6.45) is 0.153. The van der Waals surface area contributed by atoms with Gasteiger partial charge in [0.05, 0.1) is 0 Å². The highest BCUT2D eigenvalue weighted by atomic mass is 19.1. The number of carbonyl (C=O) groups excluding carboxylic acids is 1. The molecule has 3 aromatic rings. The lowest BCUT2D eigenvalue weighted by Gasteiger charge is -2.23. The standard InChI is InChI=1S/C29H31F2NO5/c1-3-20-5-7-22(8-6-20)17-32(18-23-11-12-24(30)16-26(23)31)28(33)19-37-25-13-9-21(10-14-25)15-27(29(34)35)36-4-2/h5-14,16,27H,3-4,15,17-19H2,1-2H3,(H,34,35). The molecule has 1 N–H and O–H groups in total. The van der Waals surface area contributed by atoms with E-state index in [9.17, 15) is 23.5 Å². The largest absolute Gasteiger partial charge is 0.484 e. The van der Waals surface area contributed by atoms with Crippen molar-refractivity contribution in [2.75, 3.05) is 13.2 Å². The number of hydrogen-bond acceptors (Lipinski definition) is 4. The minimum absolute atomic E-state index is 0.0449. The normalized spacial score (nSPS) is 11.7. The third kappa shape index (κ3) is 8.39. The molecule has 1 amide bonds. The number of benzene rings is 3. The fraction of sp³-hybridized carbons (Fsp3) is 0.310. The fourth-order valence-electron chi connectivity index (χ4n) is 3.78. The van der Waals surface area contributed by atoms with E-state index < -0.39 is 23.7 Å². The predicted octanol–water partition coefficient (Wildman–Crippen LogP) is 5.17. The lowest BCUT2D eigenvalue weighted by molar-refractivity contribution is -0.150. The average Bonchev–Trinajstić information content (AvgIpc) is 2.89. The molecule has 0 bridgehead atoms. The molecule has 37 heavy (non-hydrogen) atoms. The molecule has 0 aliphatic rings. The fourth-order valence-corrected chi connectivity index (χ4v) is 3.78. The molecule has 0 heterocycles. The van der Waals surface area contributed by atoms with Crippen molar-refractivity contribution in [3.63, 3.8) is 0 Å². The smallest absolute Gasteiger partial charge is 0.333 e. The highest BCUT2D eigenvalue weighted by Gasteiger charge is 2.19. The summed E-state index contributed by atoms with van der Waals surface area (Å²) in [5.74, 6) is -2.37. The Morgan fingerprint density at radius 2 is 1.54 bits per heavy atom. The van der Waals surface area contributed by atoms with Gasteiger partial charge < -0.3 is 19.5 Å². The van der Waals surface area contributed by atoms with E-state index in [2.05, 4.69) is 6.92 Å². The van der Waals surface area contributed by atoms with Crippen molar-refractivity contribution in [1.82, 2.24) is 4.90 Å². The molecule has 0 saturated heterocycles. The van der Waals surface area contributed by atoms with E-state index >= 15 is 0 Å². The van der Waals surface area contributed by atoms with Crippen molar-refractivity contribution in [3.8, 4) is 5.75 Å². The first-order chi connectivity index (χ1) is 17.8. The zero-order chi connectivity index (χ0) is 26.8. The lowest BCUT2D eigenvalue weighted by atomic mass is 10.1. The van der Waals surface area contributed by atoms with Crippen LogP contribution in [0.5, 0.6) is 5.75 Å². The number of halogens is 2. The number of aryl methyl sites for hydroxylation is 1.